The first-order valence-corrected chi connectivity index (χ1v) is 13.8. The van der Waals surface area contributed by atoms with Gasteiger partial charge in [-0.15, -0.1) is 0 Å². The largest absolute Gasteiger partial charge is 0.490 e. The summed E-state index contributed by atoms with van der Waals surface area (Å²) in [4.78, 5) is 24.9. The van der Waals surface area contributed by atoms with Crippen LogP contribution in [0.15, 0.2) is 85.5 Å². The zero-order valence-corrected chi connectivity index (χ0v) is 23.5. The highest BCUT2D eigenvalue weighted by molar-refractivity contribution is 5.92. The zero-order valence-electron chi connectivity index (χ0n) is 23.5. The number of carbonyl (C=O) groups excluding carboxylic acids is 2. The Morgan fingerprint density at radius 3 is 1.95 bits per heavy atom. The van der Waals surface area contributed by atoms with Crippen molar-refractivity contribution >= 4 is 11.9 Å². The topological polar surface area (TPSA) is 71.1 Å². The molecule has 0 fully saturated rings. The summed E-state index contributed by atoms with van der Waals surface area (Å²) in [6.45, 7) is 5.61. The summed E-state index contributed by atoms with van der Waals surface area (Å²) in [7, 11) is 0. The molecule has 0 aliphatic heterocycles. The van der Waals surface area contributed by atoms with Gasteiger partial charge in [-0.1, -0.05) is 63.1 Å². The van der Waals surface area contributed by atoms with Gasteiger partial charge in [-0.05, 0) is 66.1 Å². The predicted octanol–water partition coefficient (Wildman–Crippen LogP) is 8.21. The van der Waals surface area contributed by atoms with E-state index in [-0.39, 0.29) is 17.9 Å². The molecule has 3 aromatic carbocycles. The highest BCUT2D eigenvalue weighted by Gasteiger charge is 2.40. The summed E-state index contributed by atoms with van der Waals surface area (Å²) in [5.41, 5.74) is 2.31. The minimum atomic E-state index is -4.55. The number of hydrogen-bond donors (Lipinski definition) is 0. The smallest absolute Gasteiger partial charge is 0.414 e. The van der Waals surface area contributed by atoms with Crippen LogP contribution in [0.3, 0.4) is 0 Å². The molecule has 3 rings (SSSR count). The molecule has 0 spiro atoms. The lowest BCUT2D eigenvalue weighted by molar-refractivity contribution is -0.224. The highest BCUT2D eigenvalue weighted by atomic mass is 19.4. The van der Waals surface area contributed by atoms with Gasteiger partial charge < -0.3 is 18.9 Å². The van der Waals surface area contributed by atoms with Gasteiger partial charge >= 0.3 is 18.1 Å². The Balaban J connectivity index is 1.48. The quantitative estimate of drug-likeness (QED) is 0.0731. The second kappa shape index (κ2) is 16.4. The maximum Gasteiger partial charge on any atom is 0.414 e. The first-order valence-electron chi connectivity index (χ1n) is 13.8. The van der Waals surface area contributed by atoms with Gasteiger partial charge in [-0.3, -0.25) is 0 Å². The van der Waals surface area contributed by atoms with Crippen molar-refractivity contribution in [3.8, 4) is 22.6 Å². The molecule has 0 radical (unpaired) electrons. The molecule has 0 heterocycles. The summed E-state index contributed by atoms with van der Waals surface area (Å²) < 4.78 is 60.6. The fourth-order valence-corrected chi connectivity index (χ4v) is 3.96. The summed E-state index contributed by atoms with van der Waals surface area (Å²) in [6, 6.07) is 20.0. The summed E-state index contributed by atoms with van der Waals surface area (Å²) in [5.74, 6) is -0.443. The van der Waals surface area contributed by atoms with Crippen molar-refractivity contribution in [2.45, 2.75) is 51.3 Å². The van der Waals surface area contributed by atoms with Crippen molar-refractivity contribution in [3.63, 3.8) is 0 Å². The number of benzene rings is 3. The number of hydrogen-bond acceptors (Lipinski definition) is 6. The van der Waals surface area contributed by atoms with E-state index in [0.29, 0.717) is 18.6 Å². The molecular formula is C33H35F3O6. The third kappa shape index (κ3) is 10.4. The van der Waals surface area contributed by atoms with Crippen molar-refractivity contribution < 1.29 is 41.7 Å². The monoisotopic (exact) mass is 584 g/mol. The van der Waals surface area contributed by atoms with Crippen molar-refractivity contribution in [1.82, 2.24) is 0 Å². The second-order valence-electron chi connectivity index (χ2n) is 9.50. The molecule has 0 amide bonds. The summed E-state index contributed by atoms with van der Waals surface area (Å²) in [6.07, 6.45) is -2.11. The van der Waals surface area contributed by atoms with E-state index in [1.165, 1.54) is 24.3 Å². The maximum atomic E-state index is 13.2. The van der Waals surface area contributed by atoms with Gasteiger partial charge in [0.15, 0.2) is 6.10 Å². The molecule has 9 heteroatoms. The van der Waals surface area contributed by atoms with Crippen LogP contribution in [-0.4, -0.2) is 44.0 Å². The molecule has 42 heavy (non-hydrogen) atoms. The predicted molar refractivity (Wildman–Crippen MR) is 154 cm³/mol. The van der Waals surface area contributed by atoms with Crippen molar-refractivity contribution in [3.05, 3.63) is 96.6 Å². The normalized spacial score (nSPS) is 11.9. The molecule has 0 aromatic heterocycles. The van der Waals surface area contributed by atoms with Gasteiger partial charge in [0.05, 0.1) is 17.7 Å². The van der Waals surface area contributed by atoms with E-state index in [9.17, 15) is 22.8 Å². The van der Waals surface area contributed by atoms with Crippen LogP contribution >= 0.6 is 0 Å². The van der Waals surface area contributed by atoms with Crippen molar-refractivity contribution in [2.24, 2.45) is 0 Å². The van der Waals surface area contributed by atoms with E-state index >= 15 is 0 Å². The molecule has 1 unspecified atom stereocenters. The molecule has 6 nitrogen and oxygen atoms in total. The second-order valence-corrected chi connectivity index (χ2v) is 9.50. The number of carbonyl (C=O) groups is 2. The van der Waals surface area contributed by atoms with Crippen molar-refractivity contribution in [2.75, 3.05) is 19.8 Å². The standard InChI is InChI=1S/C33H35F3O6/c1-3-5-6-7-22-40-30(33(34,35)36)20-23-41-31(37)26-14-18-29(19-15-26)42-32(38)27-10-8-24(9-11-27)25-12-16-28(17-13-25)39-21-4-2/h4,8-19,30H,2-3,5-7,20-23H2,1H3. The van der Waals surface area contributed by atoms with E-state index in [4.69, 9.17) is 18.9 Å². The lowest BCUT2D eigenvalue weighted by Crippen LogP contribution is -2.33. The van der Waals surface area contributed by atoms with Gasteiger partial charge in [-0.2, -0.15) is 13.2 Å². The molecule has 224 valence electrons. The molecule has 0 aliphatic rings. The molecule has 1 atom stereocenters. The summed E-state index contributed by atoms with van der Waals surface area (Å²) >= 11 is 0. The zero-order chi connectivity index (χ0) is 30.4. The third-order valence-electron chi connectivity index (χ3n) is 6.27. The minimum absolute atomic E-state index is 0.00276. The number of esters is 2. The highest BCUT2D eigenvalue weighted by Crippen LogP contribution is 2.26. The van der Waals surface area contributed by atoms with E-state index in [1.54, 1.807) is 30.3 Å². The fraction of sp³-hybridized carbons (Fsp3) is 0.333. The van der Waals surface area contributed by atoms with E-state index in [0.717, 1.165) is 36.1 Å². The van der Waals surface area contributed by atoms with Crippen LogP contribution in [0.25, 0.3) is 11.1 Å². The van der Waals surface area contributed by atoms with Crippen LogP contribution in [0.2, 0.25) is 0 Å². The lowest BCUT2D eigenvalue weighted by atomic mass is 10.0. The molecule has 0 N–H and O–H groups in total. The SMILES string of the molecule is C=CCOc1ccc(-c2ccc(C(=O)Oc3ccc(C(=O)OCCC(OCCCCCC)C(F)(F)F)cc3)cc2)cc1. The third-order valence-corrected chi connectivity index (χ3v) is 6.27. The summed E-state index contributed by atoms with van der Waals surface area (Å²) in [5, 5.41) is 0. The van der Waals surface area contributed by atoms with Gasteiger partial charge in [-0.25, -0.2) is 9.59 Å². The molecule has 0 saturated carbocycles. The number of rotatable bonds is 16. The number of ether oxygens (including phenoxy) is 4. The Bertz CT molecular complexity index is 1270. The van der Waals surface area contributed by atoms with Crippen LogP contribution < -0.4 is 9.47 Å². The van der Waals surface area contributed by atoms with Gasteiger partial charge in [0.1, 0.15) is 18.1 Å². The maximum absolute atomic E-state index is 13.2. The van der Waals surface area contributed by atoms with Crippen LogP contribution in [0.5, 0.6) is 11.5 Å². The van der Waals surface area contributed by atoms with Crippen LogP contribution in [-0.2, 0) is 9.47 Å². The molecule has 0 saturated heterocycles. The fourth-order valence-electron chi connectivity index (χ4n) is 3.96. The number of halogens is 3. The van der Waals surface area contributed by atoms with Gasteiger partial charge in [0.2, 0.25) is 0 Å². The van der Waals surface area contributed by atoms with Crippen LogP contribution in [0.4, 0.5) is 13.2 Å². The number of alkyl halides is 3. The first-order chi connectivity index (χ1) is 20.2. The average molecular weight is 585 g/mol. The Morgan fingerprint density at radius 1 is 0.786 bits per heavy atom. The van der Waals surface area contributed by atoms with Crippen LogP contribution in [0.1, 0.15) is 59.7 Å². The Labute approximate surface area is 244 Å². The minimum Gasteiger partial charge on any atom is -0.490 e. The van der Waals surface area contributed by atoms with Gasteiger partial charge in [0.25, 0.3) is 0 Å². The average Bonchev–Trinajstić information content (AvgIpc) is 2.99. The molecule has 0 aliphatic carbocycles. The number of unbranched alkanes of at least 4 members (excludes halogenated alkanes) is 3. The van der Waals surface area contributed by atoms with E-state index < -0.39 is 37.2 Å². The Kier molecular flexibility index (Phi) is 12.6. The molecule has 3 aromatic rings. The van der Waals surface area contributed by atoms with Gasteiger partial charge in [0, 0.05) is 13.0 Å². The first kappa shape index (κ1) is 32.4. The van der Waals surface area contributed by atoms with E-state index in [2.05, 4.69) is 6.58 Å². The van der Waals surface area contributed by atoms with Crippen molar-refractivity contribution in [1.29, 1.82) is 0 Å². The van der Waals surface area contributed by atoms with Crippen LogP contribution in [0, 0.1) is 0 Å². The molecular weight excluding hydrogens is 549 g/mol. The van der Waals surface area contributed by atoms with E-state index in [1.807, 2.05) is 31.2 Å². The lowest BCUT2D eigenvalue weighted by Gasteiger charge is -2.20. The Morgan fingerprint density at radius 2 is 1.36 bits per heavy atom. The Hall–Kier alpha value is -4.11. The molecule has 0 bridgehead atoms.